The summed E-state index contributed by atoms with van der Waals surface area (Å²) in [7, 11) is 0. The van der Waals surface area contributed by atoms with Gasteiger partial charge in [0, 0.05) is 10.6 Å². The predicted molar refractivity (Wildman–Crippen MR) is 118 cm³/mol. The summed E-state index contributed by atoms with van der Waals surface area (Å²) in [6.07, 6.45) is 5.45. The van der Waals surface area contributed by atoms with E-state index >= 15 is 0 Å². The van der Waals surface area contributed by atoms with Crippen LogP contribution in [0, 0.1) is 35.5 Å². The molecule has 2 aromatic rings. The van der Waals surface area contributed by atoms with E-state index in [2.05, 4.69) is 17.5 Å². The lowest BCUT2D eigenvalue weighted by Crippen LogP contribution is -2.40. The molecule has 7 heteroatoms. The van der Waals surface area contributed by atoms with E-state index in [-0.39, 0.29) is 41.4 Å². The van der Waals surface area contributed by atoms with Gasteiger partial charge >= 0.3 is 0 Å². The summed E-state index contributed by atoms with van der Waals surface area (Å²) in [6, 6.07) is 11.4. The van der Waals surface area contributed by atoms with Crippen molar-refractivity contribution in [2.24, 2.45) is 35.5 Å². The lowest BCUT2D eigenvalue weighted by molar-refractivity contribution is -0.124. The van der Waals surface area contributed by atoms with Crippen molar-refractivity contribution in [3.8, 4) is 0 Å². The highest BCUT2D eigenvalue weighted by Crippen LogP contribution is 2.65. The van der Waals surface area contributed by atoms with Crippen molar-refractivity contribution >= 4 is 52.3 Å². The first-order chi connectivity index (χ1) is 14.9. The normalized spacial score (nSPS) is 32.1. The molecule has 2 saturated carbocycles. The molecule has 0 radical (unpaired) electrons. The highest BCUT2D eigenvalue weighted by Gasteiger charge is 2.67. The number of rotatable bonds is 3. The molecule has 2 bridgehead atoms. The maximum Gasteiger partial charge on any atom is 0.255 e. The van der Waals surface area contributed by atoms with E-state index in [9.17, 15) is 14.4 Å². The average Bonchev–Trinajstić information content (AvgIpc) is 3.54. The van der Waals surface area contributed by atoms with Crippen LogP contribution in [-0.4, -0.2) is 17.7 Å². The van der Waals surface area contributed by atoms with Crippen LogP contribution < -0.4 is 10.2 Å². The molecule has 0 aromatic heterocycles. The van der Waals surface area contributed by atoms with Gasteiger partial charge in [-0.3, -0.25) is 19.3 Å². The molecule has 7 rings (SSSR count). The zero-order chi connectivity index (χ0) is 21.4. The number of carbonyl (C=O) groups excluding carboxylic acids is 3. The maximum absolute atomic E-state index is 13.2. The fourth-order valence-corrected chi connectivity index (χ4v) is 6.21. The first-order valence-electron chi connectivity index (χ1n) is 10.4. The van der Waals surface area contributed by atoms with Crippen LogP contribution in [0.4, 0.5) is 11.4 Å². The number of anilines is 2. The molecule has 5 nitrogen and oxygen atoms in total. The third-order valence-electron chi connectivity index (χ3n) is 7.23. The molecule has 3 amide bonds. The molecule has 1 heterocycles. The molecule has 6 atom stereocenters. The zero-order valence-corrected chi connectivity index (χ0v) is 17.8. The Balaban J connectivity index is 1.23. The number of hydrogen-bond acceptors (Lipinski definition) is 3. The van der Waals surface area contributed by atoms with Gasteiger partial charge in [0.25, 0.3) is 5.91 Å². The van der Waals surface area contributed by atoms with Gasteiger partial charge in [0.1, 0.15) is 0 Å². The summed E-state index contributed by atoms with van der Waals surface area (Å²) in [5.41, 5.74) is 1.36. The molecule has 1 saturated heterocycles. The van der Waals surface area contributed by atoms with Gasteiger partial charge in [-0.25, -0.2) is 0 Å². The number of halogens is 2. The first-order valence-corrected chi connectivity index (χ1v) is 11.1. The Bertz CT molecular complexity index is 1140. The number of carbonyl (C=O) groups is 3. The number of amides is 3. The van der Waals surface area contributed by atoms with Crippen molar-refractivity contribution in [3.63, 3.8) is 0 Å². The largest absolute Gasteiger partial charge is 0.321 e. The van der Waals surface area contributed by atoms with E-state index in [1.165, 1.54) is 4.90 Å². The van der Waals surface area contributed by atoms with E-state index in [1.54, 1.807) is 42.5 Å². The van der Waals surface area contributed by atoms with Crippen LogP contribution in [0.15, 0.2) is 54.6 Å². The summed E-state index contributed by atoms with van der Waals surface area (Å²) in [4.78, 5) is 40.3. The van der Waals surface area contributed by atoms with Crippen molar-refractivity contribution in [3.05, 3.63) is 70.2 Å². The molecule has 4 aliphatic carbocycles. The van der Waals surface area contributed by atoms with Crippen LogP contribution in [0.3, 0.4) is 0 Å². The molecule has 156 valence electrons. The number of hydrogen-bond donors (Lipinski definition) is 1. The minimum absolute atomic E-state index is 0.107. The number of nitrogens with one attached hydrogen (secondary N) is 1. The van der Waals surface area contributed by atoms with Gasteiger partial charge in [-0.1, -0.05) is 35.4 Å². The Labute approximate surface area is 189 Å². The molecule has 0 unspecified atom stereocenters. The Morgan fingerprint density at radius 3 is 2.10 bits per heavy atom. The van der Waals surface area contributed by atoms with Crippen molar-refractivity contribution in [1.29, 1.82) is 0 Å². The Kier molecular flexibility index (Phi) is 4.11. The van der Waals surface area contributed by atoms with Gasteiger partial charge in [0.05, 0.1) is 28.2 Å². The van der Waals surface area contributed by atoms with Crippen molar-refractivity contribution < 1.29 is 14.4 Å². The van der Waals surface area contributed by atoms with Crippen LogP contribution >= 0.6 is 23.2 Å². The summed E-state index contributed by atoms with van der Waals surface area (Å²) in [6.45, 7) is 0. The van der Waals surface area contributed by atoms with E-state index in [4.69, 9.17) is 23.2 Å². The number of nitrogens with zero attached hydrogens (tertiary/aromatic N) is 1. The van der Waals surface area contributed by atoms with Crippen LogP contribution in [0.1, 0.15) is 16.8 Å². The molecule has 31 heavy (non-hydrogen) atoms. The zero-order valence-electron chi connectivity index (χ0n) is 16.3. The van der Waals surface area contributed by atoms with Crippen LogP contribution in [0.25, 0.3) is 0 Å². The molecule has 5 aliphatic rings. The van der Waals surface area contributed by atoms with Crippen molar-refractivity contribution in [2.45, 2.75) is 6.42 Å². The van der Waals surface area contributed by atoms with E-state index in [0.717, 1.165) is 6.42 Å². The third kappa shape index (κ3) is 2.80. The minimum atomic E-state index is -0.342. The maximum atomic E-state index is 13.2. The minimum Gasteiger partial charge on any atom is -0.321 e. The number of benzene rings is 2. The molecule has 1 aliphatic heterocycles. The van der Waals surface area contributed by atoms with Crippen LogP contribution in [0.5, 0.6) is 0 Å². The van der Waals surface area contributed by atoms with Gasteiger partial charge in [0.2, 0.25) is 11.8 Å². The average molecular weight is 453 g/mol. The molecular weight excluding hydrogens is 435 g/mol. The van der Waals surface area contributed by atoms with Gasteiger partial charge in [0.15, 0.2) is 0 Å². The third-order valence-corrected chi connectivity index (χ3v) is 7.78. The molecule has 1 N–H and O–H groups in total. The number of imide groups is 1. The van der Waals surface area contributed by atoms with Gasteiger partial charge in [-0.2, -0.15) is 0 Å². The second-order valence-electron chi connectivity index (χ2n) is 8.79. The summed E-state index contributed by atoms with van der Waals surface area (Å²) in [5.74, 6) is 0.492. The highest BCUT2D eigenvalue weighted by atomic mass is 35.5. The lowest BCUT2D eigenvalue weighted by Gasteiger charge is -2.37. The van der Waals surface area contributed by atoms with Gasteiger partial charge in [-0.05, 0) is 72.6 Å². The SMILES string of the molecule is O=C(Nc1ccc(Cl)cc1Cl)c1ccc(N2C(=O)[C@@H]3[C@@H]4C=C[C@H]([C@H]5C[C@H]45)[C@@H]3C2=O)cc1. The quantitative estimate of drug-likeness (QED) is 0.536. The smallest absolute Gasteiger partial charge is 0.255 e. The van der Waals surface area contributed by atoms with Gasteiger partial charge < -0.3 is 5.32 Å². The Morgan fingerprint density at radius 2 is 1.52 bits per heavy atom. The van der Waals surface area contributed by atoms with E-state index in [1.807, 2.05) is 0 Å². The van der Waals surface area contributed by atoms with E-state index in [0.29, 0.717) is 38.8 Å². The standard InChI is InChI=1S/C24H18Cl2N2O3/c25-12-3-8-19(18(26)9-12)27-22(29)11-1-4-13(5-2-11)28-23(30)20-14-6-7-15(17-10-16(14)17)21(20)24(28)31/h1-9,14-17,20-21H,10H2,(H,27,29)/t14-,15-,16-,17-,20-,21+/m1/s1. The van der Waals surface area contributed by atoms with E-state index < -0.39 is 0 Å². The highest BCUT2D eigenvalue weighted by molar-refractivity contribution is 6.36. The molecule has 3 fully saturated rings. The summed E-state index contributed by atoms with van der Waals surface area (Å²) in [5, 5.41) is 3.57. The number of allylic oxidation sites excluding steroid dienone is 2. The van der Waals surface area contributed by atoms with Crippen LogP contribution in [0.2, 0.25) is 10.0 Å². The Hall–Kier alpha value is -2.63. The second-order valence-corrected chi connectivity index (χ2v) is 9.64. The summed E-state index contributed by atoms with van der Waals surface area (Å²) < 4.78 is 0. The Morgan fingerprint density at radius 1 is 0.903 bits per heavy atom. The van der Waals surface area contributed by atoms with Crippen molar-refractivity contribution in [2.75, 3.05) is 10.2 Å². The molecule has 0 spiro atoms. The fourth-order valence-electron chi connectivity index (χ4n) is 5.76. The molecule has 2 aromatic carbocycles. The van der Waals surface area contributed by atoms with Gasteiger partial charge in [-0.15, -0.1) is 0 Å². The molecular formula is C24H18Cl2N2O3. The lowest BCUT2D eigenvalue weighted by atomic mass is 9.63. The van der Waals surface area contributed by atoms with Crippen LogP contribution in [-0.2, 0) is 9.59 Å². The topological polar surface area (TPSA) is 66.5 Å². The first kappa shape index (κ1) is 19.1. The predicted octanol–water partition coefficient (Wildman–Crippen LogP) is 4.80. The monoisotopic (exact) mass is 452 g/mol. The van der Waals surface area contributed by atoms with Crippen molar-refractivity contribution in [1.82, 2.24) is 0 Å². The second kappa shape index (κ2) is 6.68. The fraction of sp³-hybridized carbons (Fsp3) is 0.292. The summed E-state index contributed by atoms with van der Waals surface area (Å²) >= 11 is 12.0.